The van der Waals surface area contributed by atoms with Gasteiger partial charge in [-0.25, -0.2) is 14.4 Å². The molecule has 3 aromatic rings. The molecule has 2 atom stereocenters. The number of rotatable bonds is 10. The van der Waals surface area contributed by atoms with Crippen LogP contribution >= 0.6 is 0 Å². The summed E-state index contributed by atoms with van der Waals surface area (Å²) in [4.78, 5) is 8.77. The number of nitrogens with two attached hydrogens (primary N) is 1. The van der Waals surface area contributed by atoms with Gasteiger partial charge in [-0.05, 0) is 61.8 Å². The van der Waals surface area contributed by atoms with Crippen LogP contribution < -0.4 is 5.73 Å². The maximum atomic E-state index is 14.4. The van der Waals surface area contributed by atoms with Crippen molar-refractivity contribution in [1.29, 1.82) is 0 Å². The van der Waals surface area contributed by atoms with Crippen LogP contribution in [0, 0.1) is 17.7 Å². The fourth-order valence-electron chi connectivity index (χ4n) is 4.00. The molecule has 0 aromatic carbocycles. The van der Waals surface area contributed by atoms with Gasteiger partial charge in [-0.15, -0.1) is 0 Å². The van der Waals surface area contributed by atoms with Crippen LogP contribution in [0.1, 0.15) is 58.6 Å². The molecular formula is C23H32FN5. The van der Waals surface area contributed by atoms with E-state index in [9.17, 15) is 4.39 Å². The number of fused-ring (bicyclic) bond motifs is 1. The number of unbranched alkanes of at least 4 members (excludes halogenated alkanes) is 1. The summed E-state index contributed by atoms with van der Waals surface area (Å²) in [5.41, 5.74) is 8.74. The van der Waals surface area contributed by atoms with E-state index < -0.39 is 0 Å². The Morgan fingerprint density at radius 2 is 2.00 bits per heavy atom. The summed E-state index contributed by atoms with van der Waals surface area (Å²) in [6.45, 7) is 6.68. The predicted octanol–water partition coefficient (Wildman–Crippen LogP) is 5.27. The molecule has 0 aliphatic heterocycles. The van der Waals surface area contributed by atoms with Crippen molar-refractivity contribution in [2.45, 2.75) is 65.3 Å². The number of H-pyrrole nitrogens is 1. The summed E-state index contributed by atoms with van der Waals surface area (Å²) in [5, 5.41) is 7.82. The lowest BCUT2D eigenvalue weighted by atomic mass is 9.87. The third kappa shape index (κ3) is 5.38. The Morgan fingerprint density at radius 3 is 2.76 bits per heavy atom. The molecule has 0 radical (unpaired) electrons. The van der Waals surface area contributed by atoms with Gasteiger partial charge >= 0.3 is 0 Å². The minimum atomic E-state index is -0.353. The van der Waals surface area contributed by atoms with Gasteiger partial charge in [-0.3, -0.25) is 5.10 Å². The second-order valence-corrected chi connectivity index (χ2v) is 8.31. The van der Waals surface area contributed by atoms with Crippen LogP contribution in [0.15, 0.2) is 30.5 Å². The van der Waals surface area contributed by atoms with Crippen molar-refractivity contribution in [2.75, 3.05) is 0 Å². The van der Waals surface area contributed by atoms with Gasteiger partial charge in [0, 0.05) is 23.3 Å². The first kappa shape index (κ1) is 21.4. The van der Waals surface area contributed by atoms with Crippen LogP contribution in [-0.4, -0.2) is 26.2 Å². The number of hydrogen-bond acceptors (Lipinski definition) is 4. The van der Waals surface area contributed by atoms with Gasteiger partial charge in [0.25, 0.3) is 0 Å². The van der Waals surface area contributed by atoms with Crippen LogP contribution in [0.25, 0.3) is 22.4 Å². The van der Waals surface area contributed by atoms with Gasteiger partial charge in [0.2, 0.25) is 0 Å². The number of pyridine rings is 2. The molecule has 2 unspecified atom stereocenters. The van der Waals surface area contributed by atoms with Gasteiger partial charge in [0.05, 0.1) is 5.69 Å². The van der Waals surface area contributed by atoms with Crippen molar-refractivity contribution in [3.8, 4) is 11.4 Å². The number of aromatic nitrogens is 4. The highest BCUT2D eigenvalue weighted by Gasteiger charge is 2.17. The van der Waals surface area contributed by atoms with E-state index in [1.807, 2.05) is 12.1 Å². The minimum absolute atomic E-state index is 0.276. The monoisotopic (exact) mass is 397 g/mol. The SMILES string of the molecule is CCC(CCCCc1ccc(F)c(-c2[nH]nc3ncccc23)n1)C(N)CC(C)C. The Labute approximate surface area is 172 Å². The largest absolute Gasteiger partial charge is 0.327 e. The van der Waals surface area contributed by atoms with E-state index in [4.69, 9.17) is 5.73 Å². The van der Waals surface area contributed by atoms with Crippen molar-refractivity contribution in [1.82, 2.24) is 20.2 Å². The highest BCUT2D eigenvalue weighted by atomic mass is 19.1. The minimum Gasteiger partial charge on any atom is -0.327 e. The van der Waals surface area contributed by atoms with E-state index in [0.29, 0.717) is 28.9 Å². The third-order valence-electron chi connectivity index (χ3n) is 5.60. The summed E-state index contributed by atoms with van der Waals surface area (Å²) in [6, 6.07) is 7.24. The van der Waals surface area contributed by atoms with E-state index in [2.05, 4.69) is 40.9 Å². The Balaban J connectivity index is 1.62. The number of halogens is 1. The molecule has 0 aliphatic carbocycles. The number of nitrogens with zero attached hydrogens (tertiary/aromatic N) is 3. The second-order valence-electron chi connectivity index (χ2n) is 8.31. The maximum Gasteiger partial charge on any atom is 0.181 e. The molecule has 0 saturated carbocycles. The Morgan fingerprint density at radius 1 is 1.17 bits per heavy atom. The summed E-state index contributed by atoms with van der Waals surface area (Å²) in [7, 11) is 0. The summed E-state index contributed by atoms with van der Waals surface area (Å²) < 4.78 is 14.4. The number of aromatic amines is 1. The van der Waals surface area contributed by atoms with E-state index in [-0.39, 0.29) is 11.9 Å². The van der Waals surface area contributed by atoms with Gasteiger partial charge in [0.15, 0.2) is 11.5 Å². The Kier molecular flexibility index (Phi) is 7.31. The predicted molar refractivity (Wildman–Crippen MR) is 116 cm³/mol. The molecule has 29 heavy (non-hydrogen) atoms. The van der Waals surface area contributed by atoms with Crippen molar-refractivity contribution < 1.29 is 4.39 Å². The molecule has 0 spiro atoms. The highest BCUT2D eigenvalue weighted by molar-refractivity contribution is 5.89. The smallest absolute Gasteiger partial charge is 0.181 e. The number of nitrogens with one attached hydrogen (secondary N) is 1. The van der Waals surface area contributed by atoms with Crippen LogP contribution in [0.4, 0.5) is 4.39 Å². The van der Waals surface area contributed by atoms with Crippen LogP contribution in [0.3, 0.4) is 0 Å². The molecule has 5 nitrogen and oxygen atoms in total. The van der Waals surface area contributed by atoms with Crippen molar-refractivity contribution in [3.05, 3.63) is 42.0 Å². The topological polar surface area (TPSA) is 80.5 Å². The van der Waals surface area contributed by atoms with Gasteiger partial charge in [-0.1, -0.05) is 33.6 Å². The molecule has 3 N–H and O–H groups in total. The lowest BCUT2D eigenvalue weighted by Gasteiger charge is -2.24. The molecule has 3 aromatic heterocycles. The fraction of sp³-hybridized carbons (Fsp3) is 0.522. The van der Waals surface area contributed by atoms with Crippen molar-refractivity contribution >= 4 is 11.0 Å². The van der Waals surface area contributed by atoms with Crippen LogP contribution in [-0.2, 0) is 6.42 Å². The first-order valence-corrected chi connectivity index (χ1v) is 10.7. The van der Waals surface area contributed by atoms with Crippen molar-refractivity contribution in [3.63, 3.8) is 0 Å². The summed E-state index contributed by atoms with van der Waals surface area (Å²) >= 11 is 0. The molecular weight excluding hydrogens is 365 g/mol. The summed E-state index contributed by atoms with van der Waals surface area (Å²) in [5.74, 6) is 0.849. The fourth-order valence-corrected chi connectivity index (χ4v) is 4.00. The third-order valence-corrected chi connectivity index (χ3v) is 5.60. The molecule has 0 saturated heterocycles. The molecule has 0 amide bonds. The van der Waals surface area contributed by atoms with E-state index in [1.165, 1.54) is 6.07 Å². The zero-order valence-electron chi connectivity index (χ0n) is 17.7. The molecule has 6 heteroatoms. The quantitative estimate of drug-likeness (QED) is 0.457. The second kappa shape index (κ2) is 9.92. The van der Waals surface area contributed by atoms with Gasteiger partial charge in [-0.2, -0.15) is 5.10 Å². The number of hydrogen-bond donors (Lipinski definition) is 2. The molecule has 156 valence electrons. The molecule has 0 bridgehead atoms. The first-order valence-electron chi connectivity index (χ1n) is 10.7. The Bertz CT molecular complexity index is 921. The maximum absolute atomic E-state index is 14.4. The zero-order chi connectivity index (χ0) is 20.8. The van der Waals surface area contributed by atoms with Crippen molar-refractivity contribution in [2.24, 2.45) is 17.6 Å². The Hall–Kier alpha value is -2.34. The van der Waals surface area contributed by atoms with Crippen LogP contribution in [0.2, 0.25) is 0 Å². The van der Waals surface area contributed by atoms with E-state index in [0.717, 1.165) is 49.6 Å². The van der Waals surface area contributed by atoms with Gasteiger partial charge in [0.1, 0.15) is 5.69 Å². The molecule has 3 heterocycles. The van der Waals surface area contributed by atoms with E-state index in [1.54, 1.807) is 12.3 Å². The molecule has 0 fully saturated rings. The number of aryl methyl sites for hydroxylation is 1. The average molecular weight is 398 g/mol. The lowest BCUT2D eigenvalue weighted by molar-refractivity contribution is 0.326. The standard InChI is InChI=1S/C23H32FN5/c1-4-16(20(25)14-15(2)3)8-5-6-9-17-11-12-19(24)22(27-17)21-18-10-7-13-26-23(18)29-28-21/h7,10-13,15-16,20H,4-6,8-9,14,25H2,1-3H3,(H,26,28,29). The first-order chi connectivity index (χ1) is 14.0. The van der Waals surface area contributed by atoms with Gasteiger partial charge < -0.3 is 5.73 Å². The zero-order valence-corrected chi connectivity index (χ0v) is 17.7. The molecule has 0 aliphatic rings. The molecule has 3 rings (SSSR count). The van der Waals surface area contributed by atoms with Crippen LogP contribution in [0.5, 0.6) is 0 Å². The highest BCUT2D eigenvalue weighted by Crippen LogP contribution is 2.26. The average Bonchev–Trinajstić information content (AvgIpc) is 3.12. The van der Waals surface area contributed by atoms with E-state index >= 15 is 0 Å². The summed E-state index contributed by atoms with van der Waals surface area (Å²) in [6.07, 6.45) is 7.96. The lowest BCUT2D eigenvalue weighted by Crippen LogP contribution is -2.31. The normalized spacial score (nSPS) is 13.9.